The Bertz CT molecular complexity index is 1080. The van der Waals surface area contributed by atoms with Crippen molar-refractivity contribution >= 4 is 23.1 Å². The molecule has 1 unspecified atom stereocenters. The molecule has 9 nitrogen and oxygen atoms in total. The lowest BCUT2D eigenvalue weighted by atomic mass is 9.95. The maximum atomic E-state index is 13.1. The summed E-state index contributed by atoms with van der Waals surface area (Å²) in [6, 6.07) is 11.3. The molecule has 0 bridgehead atoms. The van der Waals surface area contributed by atoms with Crippen molar-refractivity contribution in [3.8, 4) is 5.75 Å². The molecule has 0 radical (unpaired) electrons. The maximum absolute atomic E-state index is 13.1. The minimum atomic E-state index is -0.942. The minimum Gasteiger partial charge on any atom is -0.507 e. The van der Waals surface area contributed by atoms with Crippen LogP contribution in [0.3, 0.4) is 0 Å². The summed E-state index contributed by atoms with van der Waals surface area (Å²) >= 11 is 0. The van der Waals surface area contributed by atoms with Crippen LogP contribution in [-0.2, 0) is 9.59 Å². The van der Waals surface area contributed by atoms with Gasteiger partial charge in [-0.05, 0) is 42.9 Å². The predicted octanol–water partition coefficient (Wildman–Crippen LogP) is 3.37. The van der Waals surface area contributed by atoms with Crippen LogP contribution in [0.25, 0.3) is 5.76 Å². The largest absolute Gasteiger partial charge is 0.507 e. The smallest absolute Gasteiger partial charge is 0.295 e. The zero-order chi connectivity index (χ0) is 24.1. The Morgan fingerprint density at radius 1 is 1.15 bits per heavy atom. The molecule has 1 aliphatic rings. The number of non-ortho nitro benzene ring substituents is 1. The van der Waals surface area contributed by atoms with E-state index < -0.39 is 22.7 Å². The minimum absolute atomic E-state index is 0.0924. The molecule has 2 aromatic rings. The van der Waals surface area contributed by atoms with Gasteiger partial charge in [-0.2, -0.15) is 0 Å². The van der Waals surface area contributed by atoms with Crippen LogP contribution in [0, 0.1) is 10.1 Å². The summed E-state index contributed by atoms with van der Waals surface area (Å²) in [6.07, 6.45) is 0. The van der Waals surface area contributed by atoms with Gasteiger partial charge in [0, 0.05) is 30.8 Å². The standard InChI is InChI=1S/C24H27N3O6/c1-4-25(5-2)13-14-26-21(17-7-6-8-18(15-17)27(31)32)20(23(29)24(26)30)22(28)16-9-11-19(33-3)12-10-16/h6-12,15,21,28H,4-5,13-14H2,1-3H3/b22-20+. The van der Waals surface area contributed by atoms with Gasteiger partial charge < -0.3 is 19.6 Å². The molecule has 0 aromatic heterocycles. The Balaban J connectivity index is 2.13. The van der Waals surface area contributed by atoms with Crippen LogP contribution in [0.5, 0.6) is 5.75 Å². The highest BCUT2D eigenvalue weighted by molar-refractivity contribution is 6.46. The van der Waals surface area contributed by atoms with Crippen molar-refractivity contribution in [1.82, 2.24) is 9.80 Å². The molecule has 0 saturated carbocycles. The number of nitro benzene ring substituents is 1. The first kappa shape index (κ1) is 23.9. The summed E-state index contributed by atoms with van der Waals surface area (Å²) in [5.74, 6) is -1.33. The Morgan fingerprint density at radius 3 is 2.39 bits per heavy atom. The number of Topliss-reactive ketones (excluding diaryl/α,β-unsaturated/α-hetero) is 1. The van der Waals surface area contributed by atoms with Gasteiger partial charge in [0.25, 0.3) is 17.4 Å². The summed E-state index contributed by atoms with van der Waals surface area (Å²) in [6.45, 7) is 6.30. The molecule has 3 rings (SSSR count). The number of rotatable bonds is 9. The Kier molecular flexibility index (Phi) is 7.44. The van der Waals surface area contributed by atoms with E-state index >= 15 is 0 Å². The van der Waals surface area contributed by atoms with Gasteiger partial charge in [0.05, 0.1) is 23.6 Å². The fourth-order valence-corrected chi connectivity index (χ4v) is 3.96. The number of hydrogen-bond donors (Lipinski definition) is 1. The van der Waals surface area contributed by atoms with Gasteiger partial charge in [-0.15, -0.1) is 0 Å². The van der Waals surface area contributed by atoms with Gasteiger partial charge >= 0.3 is 0 Å². The second kappa shape index (κ2) is 10.3. The van der Waals surface area contributed by atoms with Gasteiger partial charge in [-0.25, -0.2) is 0 Å². The summed E-state index contributed by atoms with van der Waals surface area (Å²) < 4.78 is 5.14. The molecule has 9 heteroatoms. The lowest BCUT2D eigenvalue weighted by Gasteiger charge is -2.28. The number of amides is 1. The molecule has 1 saturated heterocycles. The van der Waals surface area contributed by atoms with Crippen molar-refractivity contribution in [2.45, 2.75) is 19.9 Å². The van der Waals surface area contributed by atoms with Gasteiger partial charge in [0.2, 0.25) is 0 Å². The third kappa shape index (κ3) is 4.88. The molecule has 1 atom stereocenters. The third-order valence-electron chi connectivity index (χ3n) is 5.85. The van der Waals surface area contributed by atoms with E-state index in [1.54, 1.807) is 30.3 Å². The molecular weight excluding hydrogens is 426 g/mol. The Hall–Kier alpha value is -3.72. The summed E-state index contributed by atoms with van der Waals surface area (Å²) in [4.78, 5) is 40.4. The number of nitro groups is 1. The highest BCUT2D eigenvalue weighted by Gasteiger charge is 2.46. The van der Waals surface area contributed by atoms with Crippen LogP contribution >= 0.6 is 0 Å². The fraction of sp³-hybridized carbons (Fsp3) is 0.333. The lowest BCUT2D eigenvalue weighted by Crippen LogP contribution is -2.38. The van der Waals surface area contributed by atoms with Crippen molar-refractivity contribution in [1.29, 1.82) is 0 Å². The summed E-state index contributed by atoms with van der Waals surface area (Å²) in [5, 5.41) is 22.4. The number of likely N-dealkylation sites (tertiary alicyclic amines) is 1. The van der Waals surface area contributed by atoms with Crippen LogP contribution in [0.1, 0.15) is 31.0 Å². The molecule has 0 spiro atoms. The Morgan fingerprint density at radius 2 is 1.82 bits per heavy atom. The van der Waals surface area contributed by atoms with Crippen LogP contribution in [0.4, 0.5) is 5.69 Å². The number of carbonyl (C=O) groups excluding carboxylic acids is 2. The number of hydrogen-bond acceptors (Lipinski definition) is 7. The second-order valence-corrected chi connectivity index (χ2v) is 7.60. The van der Waals surface area contributed by atoms with Crippen LogP contribution < -0.4 is 4.74 Å². The Labute approximate surface area is 192 Å². The highest BCUT2D eigenvalue weighted by atomic mass is 16.6. The number of methoxy groups -OCH3 is 1. The van der Waals surface area contributed by atoms with Gasteiger partial charge in [-0.1, -0.05) is 26.0 Å². The third-order valence-corrected chi connectivity index (χ3v) is 5.85. The maximum Gasteiger partial charge on any atom is 0.295 e. The van der Waals surface area contributed by atoms with E-state index in [2.05, 4.69) is 4.90 Å². The molecule has 33 heavy (non-hydrogen) atoms. The average molecular weight is 453 g/mol. The van der Waals surface area contributed by atoms with Crippen molar-refractivity contribution < 1.29 is 24.4 Å². The zero-order valence-corrected chi connectivity index (χ0v) is 18.9. The predicted molar refractivity (Wildman–Crippen MR) is 123 cm³/mol. The monoisotopic (exact) mass is 453 g/mol. The second-order valence-electron chi connectivity index (χ2n) is 7.60. The van der Waals surface area contributed by atoms with E-state index in [-0.39, 0.29) is 23.6 Å². The number of ketones is 1. The molecule has 1 aliphatic heterocycles. The van der Waals surface area contributed by atoms with Crippen LogP contribution in [0.15, 0.2) is 54.1 Å². The van der Waals surface area contributed by atoms with Crippen molar-refractivity contribution in [2.24, 2.45) is 0 Å². The first-order valence-corrected chi connectivity index (χ1v) is 10.7. The number of benzene rings is 2. The van der Waals surface area contributed by atoms with E-state index in [0.29, 0.717) is 23.4 Å². The lowest BCUT2D eigenvalue weighted by molar-refractivity contribution is -0.384. The van der Waals surface area contributed by atoms with Crippen LogP contribution in [-0.4, -0.2) is 64.8 Å². The molecule has 1 amide bonds. The van der Waals surface area contributed by atoms with E-state index in [9.17, 15) is 24.8 Å². The molecule has 1 N–H and O–H groups in total. The molecule has 2 aromatic carbocycles. The number of ether oxygens (including phenoxy) is 1. The first-order valence-electron chi connectivity index (χ1n) is 10.7. The fourth-order valence-electron chi connectivity index (χ4n) is 3.96. The molecule has 1 heterocycles. The van der Waals surface area contributed by atoms with Crippen molar-refractivity contribution in [3.63, 3.8) is 0 Å². The summed E-state index contributed by atoms with van der Waals surface area (Å²) in [7, 11) is 1.51. The molecular formula is C24H27N3O6. The number of carbonyl (C=O) groups is 2. The number of aliphatic hydroxyl groups excluding tert-OH is 1. The molecule has 0 aliphatic carbocycles. The SMILES string of the molecule is CCN(CC)CCN1C(=O)C(=O)/C(=C(/O)c2ccc(OC)cc2)C1c1cccc([N+](=O)[O-])c1. The van der Waals surface area contributed by atoms with Crippen LogP contribution in [0.2, 0.25) is 0 Å². The van der Waals surface area contributed by atoms with E-state index in [4.69, 9.17) is 4.74 Å². The van der Waals surface area contributed by atoms with Crippen molar-refractivity contribution in [2.75, 3.05) is 33.3 Å². The van der Waals surface area contributed by atoms with Gasteiger partial charge in [0.1, 0.15) is 11.5 Å². The number of nitrogens with zero attached hydrogens (tertiary/aromatic N) is 3. The summed E-state index contributed by atoms with van der Waals surface area (Å²) in [5.41, 5.74) is 0.475. The molecule has 174 valence electrons. The average Bonchev–Trinajstić information content (AvgIpc) is 3.09. The van der Waals surface area contributed by atoms with E-state index in [1.807, 2.05) is 13.8 Å². The highest BCUT2D eigenvalue weighted by Crippen LogP contribution is 2.40. The van der Waals surface area contributed by atoms with E-state index in [0.717, 1.165) is 13.1 Å². The van der Waals surface area contributed by atoms with E-state index in [1.165, 1.54) is 30.2 Å². The first-order chi connectivity index (χ1) is 15.8. The quantitative estimate of drug-likeness (QED) is 0.204. The molecule has 1 fully saturated rings. The number of aliphatic hydroxyl groups is 1. The van der Waals surface area contributed by atoms with Crippen molar-refractivity contribution in [3.05, 3.63) is 75.3 Å². The van der Waals surface area contributed by atoms with Gasteiger partial charge in [0.15, 0.2) is 0 Å². The number of likely N-dealkylation sites (N-methyl/N-ethyl adjacent to an activating group) is 1. The van der Waals surface area contributed by atoms with Gasteiger partial charge in [-0.3, -0.25) is 19.7 Å². The zero-order valence-electron chi connectivity index (χ0n) is 18.9. The topological polar surface area (TPSA) is 113 Å². The normalized spacial score (nSPS) is 17.6.